The Hall–Kier alpha value is -0.990. The van der Waals surface area contributed by atoms with E-state index in [0.717, 1.165) is 0 Å². The van der Waals surface area contributed by atoms with Crippen molar-refractivity contribution in [3.05, 3.63) is 0 Å². The van der Waals surface area contributed by atoms with Crippen molar-refractivity contribution in [3.8, 4) is 0 Å². The normalized spacial score (nSPS) is 13.5. The molecule has 8 heteroatoms. The molecular weight excluding hydrogens is 296 g/mol. The average Bonchev–Trinajstić information content (AvgIpc) is 2.43. The van der Waals surface area contributed by atoms with Gasteiger partial charge in [-0.2, -0.15) is 11.8 Å². The summed E-state index contributed by atoms with van der Waals surface area (Å²) in [5.41, 5.74) is 0. The van der Waals surface area contributed by atoms with E-state index in [2.05, 4.69) is 5.32 Å². The zero-order chi connectivity index (χ0) is 16.3. The van der Waals surface area contributed by atoms with E-state index in [1.54, 1.807) is 26.0 Å². The number of ether oxygens (including phenoxy) is 2. The first-order valence-electron chi connectivity index (χ1n) is 6.74. The van der Waals surface area contributed by atoms with E-state index in [0.29, 0.717) is 31.9 Å². The maximum Gasteiger partial charge on any atom is 0.326 e. The number of rotatable bonds is 11. The fourth-order valence-corrected chi connectivity index (χ4v) is 2.24. The lowest BCUT2D eigenvalue weighted by molar-refractivity contribution is -0.139. The molecule has 0 aromatic carbocycles. The van der Waals surface area contributed by atoms with Gasteiger partial charge in [-0.15, -0.1) is 0 Å². The molecular formula is C13H26N2O5S. The van der Waals surface area contributed by atoms with Gasteiger partial charge >= 0.3 is 12.0 Å². The Morgan fingerprint density at radius 2 is 2.00 bits per heavy atom. The van der Waals surface area contributed by atoms with Crippen molar-refractivity contribution in [2.75, 3.05) is 46.0 Å². The number of carbonyl (C=O) groups is 2. The number of carboxylic acid groups (broad SMARTS) is 1. The first kappa shape index (κ1) is 20.0. The molecule has 0 rings (SSSR count). The third kappa shape index (κ3) is 8.13. The lowest BCUT2D eigenvalue weighted by Crippen LogP contribution is -2.52. The van der Waals surface area contributed by atoms with E-state index in [4.69, 9.17) is 14.6 Å². The van der Waals surface area contributed by atoms with Gasteiger partial charge in [0.1, 0.15) is 6.04 Å². The monoisotopic (exact) mass is 322 g/mol. The zero-order valence-electron chi connectivity index (χ0n) is 13.1. The van der Waals surface area contributed by atoms with E-state index < -0.39 is 18.0 Å². The molecule has 1 unspecified atom stereocenters. The van der Waals surface area contributed by atoms with Gasteiger partial charge in [-0.05, 0) is 25.4 Å². The number of hydrogen-bond acceptors (Lipinski definition) is 5. The number of urea groups is 1. The minimum atomic E-state index is -1.02. The molecule has 0 fully saturated rings. The topological polar surface area (TPSA) is 88.1 Å². The molecule has 0 bridgehead atoms. The Morgan fingerprint density at radius 3 is 2.48 bits per heavy atom. The van der Waals surface area contributed by atoms with Crippen LogP contribution in [-0.2, 0) is 14.3 Å². The predicted octanol–water partition coefficient (Wildman–Crippen LogP) is 0.886. The lowest BCUT2D eigenvalue weighted by atomic mass is 10.2. The predicted molar refractivity (Wildman–Crippen MR) is 82.9 cm³/mol. The molecule has 0 saturated carbocycles. The highest BCUT2D eigenvalue weighted by Gasteiger charge is 2.25. The van der Waals surface area contributed by atoms with Gasteiger partial charge in [0.15, 0.2) is 0 Å². The molecule has 0 aromatic heterocycles. The van der Waals surface area contributed by atoms with Crippen LogP contribution in [0.4, 0.5) is 4.79 Å². The van der Waals surface area contributed by atoms with Crippen molar-refractivity contribution in [1.82, 2.24) is 10.2 Å². The third-order valence-corrected chi connectivity index (χ3v) is 3.59. The van der Waals surface area contributed by atoms with E-state index >= 15 is 0 Å². The minimum Gasteiger partial charge on any atom is -0.480 e. The second-order valence-electron chi connectivity index (χ2n) is 4.61. The maximum atomic E-state index is 12.3. The second kappa shape index (κ2) is 11.6. The van der Waals surface area contributed by atoms with Gasteiger partial charge in [0.25, 0.3) is 0 Å². The molecule has 21 heavy (non-hydrogen) atoms. The van der Waals surface area contributed by atoms with Crippen molar-refractivity contribution >= 4 is 23.8 Å². The quantitative estimate of drug-likeness (QED) is 0.587. The minimum absolute atomic E-state index is 0.167. The summed E-state index contributed by atoms with van der Waals surface area (Å²) < 4.78 is 10.0. The smallest absolute Gasteiger partial charge is 0.326 e. The number of amides is 2. The van der Waals surface area contributed by atoms with Gasteiger partial charge < -0.3 is 24.8 Å². The molecule has 0 heterocycles. The number of methoxy groups -OCH3 is 2. The summed E-state index contributed by atoms with van der Waals surface area (Å²) in [4.78, 5) is 25.0. The Morgan fingerprint density at radius 1 is 1.33 bits per heavy atom. The molecule has 0 aliphatic carbocycles. The Kier molecular flexibility index (Phi) is 11.1. The number of carbonyl (C=O) groups excluding carboxylic acids is 1. The van der Waals surface area contributed by atoms with Crippen LogP contribution in [0.1, 0.15) is 13.3 Å². The average molecular weight is 322 g/mol. The fraction of sp³-hybridized carbons (Fsp3) is 0.846. The third-order valence-electron chi connectivity index (χ3n) is 2.94. The number of aliphatic carboxylic acids is 1. The summed E-state index contributed by atoms with van der Waals surface area (Å²) in [5.74, 6) is -0.355. The van der Waals surface area contributed by atoms with Gasteiger partial charge in [-0.25, -0.2) is 9.59 Å². The van der Waals surface area contributed by atoms with E-state index in [-0.39, 0.29) is 6.04 Å². The summed E-state index contributed by atoms with van der Waals surface area (Å²) in [5, 5.41) is 11.7. The lowest BCUT2D eigenvalue weighted by Gasteiger charge is -2.30. The molecule has 0 saturated heterocycles. The van der Waals surface area contributed by atoms with Crippen LogP contribution in [0, 0.1) is 0 Å². The van der Waals surface area contributed by atoms with E-state index in [1.807, 2.05) is 13.2 Å². The van der Waals surface area contributed by atoms with Crippen molar-refractivity contribution in [2.45, 2.75) is 25.4 Å². The SMILES string of the molecule is COCCN(C(=O)N[C@@H](CCSC)C(=O)O)C(C)COC. The van der Waals surface area contributed by atoms with Crippen molar-refractivity contribution in [1.29, 1.82) is 0 Å². The van der Waals surface area contributed by atoms with Gasteiger partial charge in [-0.3, -0.25) is 0 Å². The molecule has 0 aromatic rings. The molecule has 2 N–H and O–H groups in total. The van der Waals surface area contributed by atoms with E-state index in [9.17, 15) is 9.59 Å². The summed E-state index contributed by atoms with van der Waals surface area (Å²) in [6.45, 7) is 2.97. The van der Waals surface area contributed by atoms with Gasteiger partial charge in [0, 0.05) is 20.8 Å². The molecule has 0 radical (unpaired) electrons. The summed E-state index contributed by atoms with van der Waals surface area (Å²) in [6, 6.07) is -1.46. The molecule has 0 aliphatic rings. The van der Waals surface area contributed by atoms with Gasteiger partial charge in [0.2, 0.25) is 0 Å². The molecule has 0 aliphatic heterocycles. The number of nitrogens with zero attached hydrogens (tertiary/aromatic N) is 1. The van der Waals surface area contributed by atoms with Crippen LogP contribution in [0.2, 0.25) is 0 Å². The fourth-order valence-electron chi connectivity index (χ4n) is 1.77. The molecule has 2 atom stereocenters. The van der Waals surface area contributed by atoms with Crippen LogP contribution in [-0.4, -0.2) is 80.1 Å². The van der Waals surface area contributed by atoms with Crippen LogP contribution in [0.25, 0.3) is 0 Å². The largest absolute Gasteiger partial charge is 0.480 e. The van der Waals surface area contributed by atoms with Crippen LogP contribution in [0.3, 0.4) is 0 Å². The zero-order valence-corrected chi connectivity index (χ0v) is 13.9. The highest BCUT2D eigenvalue weighted by molar-refractivity contribution is 7.98. The second-order valence-corrected chi connectivity index (χ2v) is 5.60. The molecule has 2 amide bonds. The van der Waals surface area contributed by atoms with Gasteiger partial charge in [-0.1, -0.05) is 0 Å². The van der Waals surface area contributed by atoms with E-state index in [1.165, 1.54) is 4.90 Å². The summed E-state index contributed by atoms with van der Waals surface area (Å²) in [6.07, 6.45) is 2.28. The van der Waals surface area contributed by atoms with Crippen LogP contribution < -0.4 is 5.32 Å². The molecule has 7 nitrogen and oxygen atoms in total. The van der Waals surface area contributed by atoms with Gasteiger partial charge in [0.05, 0.1) is 19.3 Å². The summed E-state index contributed by atoms with van der Waals surface area (Å²) in [7, 11) is 3.11. The van der Waals surface area contributed by atoms with Crippen molar-refractivity contribution in [3.63, 3.8) is 0 Å². The Balaban J connectivity index is 4.70. The number of hydrogen-bond donors (Lipinski definition) is 2. The van der Waals surface area contributed by atoms with Crippen LogP contribution >= 0.6 is 11.8 Å². The highest BCUT2D eigenvalue weighted by Crippen LogP contribution is 2.05. The van der Waals surface area contributed by atoms with Crippen molar-refractivity contribution < 1.29 is 24.2 Å². The number of nitrogens with one attached hydrogen (secondary N) is 1. The summed E-state index contributed by atoms with van der Waals surface area (Å²) >= 11 is 1.54. The van der Waals surface area contributed by atoms with Crippen molar-refractivity contribution in [2.24, 2.45) is 0 Å². The Bertz CT molecular complexity index is 317. The standard InChI is InChI=1S/C13H26N2O5S/c1-10(9-20-3)15(6-7-19-2)13(18)14-11(12(16)17)5-8-21-4/h10-11H,5-9H2,1-4H3,(H,14,18)(H,16,17)/t10?,11-/m0/s1. The highest BCUT2D eigenvalue weighted by atomic mass is 32.2. The molecule has 0 spiro atoms. The number of thioether (sulfide) groups is 1. The van der Waals surface area contributed by atoms with Crippen LogP contribution in [0.5, 0.6) is 0 Å². The first-order valence-corrected chi connectivity index (χ1v) is 8.14. The maximum absolute atomic E-state index is 12.3. The number of carboxylic acids is 1. The molecule has 124 valence electrons. The Labute approximate surface area is 130 Å². The van der Waals surface area contributed by atoms with Crippen LogP contribution in [0.15, 0.2) is 0 Å². The first-order chi connectivity index (χ1) is 9.97.